The highest BCUT2D eigenvalue weighted by Crippen LogP contribution is 2.41. The molecule has 3 aromatic carbocycles. The van der Waals surface area contributed by atoms with E-state index in [0.717, 1.165) is 21.3 Å². The number of carbonyl (C=O) groups excluding carboxylic acids is 1. The number of hydrogen-bond donors (Lipinski definition) is 0. The highest BCUT2D eigenvalue weighted by atomic mass is 79.9. The summed E-state index contributed by atoms with van der Waals surface area (Å²) in [6, 6.07) is 19.8. The highest BCUT2D eigenvalue weighted by Gasteiger charge is 2.43. The van der Waals surface area contributed by atoms with Crippen molar-refractivity contribution in [2.45, 2.75) is 19.9 Å². The number of benzene rings is 3. The molecule has 0 aliphatic carbocycles. The molecule has 1 aliphatic heterocycles. The van der Waals surface area contributed by atoms with Crippen molar-refractivity contribution in [1.29, 1.82) is 0 Å². The van der Waals surface area contributed by atoms with Crippen LogP contribution in [0, 0.1) is 6.92 Å². The van der Waals surface area contributed by atoms with Crippen LogP contribution in [-0.2, 0) is 0 Å². The van der Waals surface area contributed by atoms with E-state index in [2.05, 4.69) is 15.9 Å². The van der Waals surface area contributed by atoms with Gasteiger partial charge in [-0.3, -0.25) is 14.5 Å². The lowest BCUT2D eigenvalue weighted by Crippen LogP contribution is -2.29. The van der Waals surface area contributed by atoms with Crippen LogP contribution in [0.2, 0.25) is 0 Å². The Bertz CT molecular complexity index is 1390. The van der Waals surface area contributed by atoms with Gasteiger partial charge in [0, 0.05) is 10.2 Å². The topological polar surface area (TPSA) is 59.8 Å². The molecule has 6 heteroatoms. The van der Waals surface area contributed by atoms with Gasteiger partial charge in [0.15, 0.2) is 5.43 Å². The van der Waals surface area contributed by atoms with E-state index in [-0.39, 0.29) is 17.1 Å². The zero-order valence-corrected chi connectivity index (χ0v) is 19.2. The maximum absolute atomic E-state index is 13.6. The first-order chi connectivity index (χ1) is 15.5. The largest absolute Gasteiger partial charge is 0.494 e. The highest BCUT2D eigenvalue weighted by molar-refractivity contribution is 9.10. The van der Waals surface area contributed by atoms with Crippen molar-refractivity contribution in [1.82, 2.24) is 0 Å². The third-order valence-corrected chi connectivity index (χ3v) is 6.14. The van der Waals surface area contributed by atoms with E-state index in [9.17, 15) is 9.59 Å². The molecule has 0 N–H and O–H groups in total. The Morgan fingerprint density at radius 3 is 2.41 bits per heavy atom. The molecule has 1 atom stereocenters. The Balaban J connectivity index is 1.75. The summed E-state index contributed by atoms with van der Waals surface area (Å²) in [4.78, 5) is 28.8. The molecular weight excluding hydrogens is 470 g/mol. The first-order valence-electron chi connectivity index (χ1n) is 10.4. The molecular formula is C26H20BrNO4. The zero-order valence-electron chi connectivity index (χ0n) is 17.6. The number of amides is 1. The van der Waals surface area contributed by atoms with Gasteiger partial charge in [-0.2, -0.15) is 0 Å². The van der Waals surface area contributed by atoms with Crippen molar-refractivity contribution in [3.63, 3.8) is 0 Å². The van der Waals surface area contributed by atoms with E-state index in [0.29, 0.717) is 28.8 Å². The summed E-state index contributed by atoms with van der Waals surface area (Å²) in [6.07, 6.45) is 0. The molecule has 160 valence electrons. The van der Waals surface area contributed by atoms with Gasteiger partial charge < -0.3 is 9.15 Å². The summed E-state index contributed by atoms with van der Waals surface area (Å²) in [7, 11) is 0. The molecule has 0 bridgehead atoms. The third-order valence-electron chi connectivity index (χ3n) is 5.65. The average molecular weight is 490 g/mol. The van der Waals surface area contributed by atoms with Crippen LogP contribution >= 0.6 is 15.9 Å². The number of carbonyl (C=O) groups is 1. The van der Waals surface area contributed by atoms with Crippen LogP contribution in [0.1, 0.15) is 40.2 Å². The van der Waals surface area contributed by atoms with Crippen molar-refractivity contribution in [2.75, 3.05) is 11.5 Å². The minimum atomic E-state index is -0.587. The quantitative estimate of drug-likeness (QED) is 0.352. The van der Waals surface area contributed by atoms with Crippen LogP contribution in [0.25, 0.3) is 11.0 Å². The van der Waals surface area contributed by atoms with Gasteiger partial charge >= 0.3 is 0 Å². The Morgan fingerprint density at radius 2 is 1.72 bits per heavy atom. The predicted octanol–water partition coefficient (Wildman–Crippen LogP) is 6.01. The van der Waals surface area contributed by atoms with Crippen molar-refractivity contribution >= 4 is 38.5 Å². The summed E-state index contributed by atoms with van der Waals surface area (Å²) >= 11 is 3.43. The van der Waals surface area contributed by atoms with Crippen LogP contribution in [0.4, 0.5) is 5.69 Å². The number of rotatable bonds is 4. The first kappa shape index (κ1) is 20.5. The van der Waals surface area contributed by atoms with E-state index >= 15 is 0 Å². The number of ether oxygens (including phenoxy) is 1. The van der Waals surface area contributed by atoms with Gasteiger partial charge in [-0.25, -0.2) is 0 Å². The summed E-state index contributed by atoms with van der Waals surface area (Å²) in [5.41, 5.74) is 3.16. The molecule has 32 heavy (non-hydrogen) atoms. The van der Waals surface area contributed by atoms with Crippen molar-refractivity contribution in [2.24, 2.45) is 0 Å². The fraction of sp³-hybridized carbons (Fsp3) is 0.154. The molecule has 0 saturated carbocycles. The summed E-state index contributed by atoms with van der Waals surface area (Å²) in [5, 5.41) is 0.441. The predicted molar refractivity (Wildman–Crippen MR) is 128 cm³/mol. The van der Waals surface area contributed by atoms with Crippen LogP contribution in [0.5, 0.6) is 5.75 Å². The number of anilines is 1. The van der Waals surface area contributed by atoms with Gasteiger partial charge in [-0.1, -0.05) is 45.8 Å². The number of hydrogen-bond acceptors (Lipinski definition) is 4. The third kappa shape index (κ3) is 3.31. The van der Waals surface area contributed by atoms with Crippen molar-refractivity contribution in [3.8, 4) is 5.75 Å². The zero-order chi connectivity index (χ0) is 22.4. The molecule has 1 aliphatic rings. The molecule has 0 spiro atoms. The van der Waals surface area contributed by atoms with E-state index in [1.54, 1.807) is 23.1 Å². The number of halogens is 1. The van der Waals surface area contributed by atoms with E-state index < -0.39 is 6.04 Å². The monoisotopic (exact) mass is 489 g/mol. The van der Waals surface area contributed by atoms with E-state index in [1.807, 2.05) is 62.4 Å². The minimum Gasteiger partial charge on any atom is -0.494 e. The van der Waals surface area contributed by atoms with Gasteiger partial charge in [0.25, 0.3) is 5.91 Å². The van der Waals surface area contributed by atoms with Gasteiger partial charge in [0.1, 0.15) is 11.3 Å². The second kappa shape index (κ2) is 7.95. The first-order valence-corrected chi connectivity index (χ1v) is 11.2. The SMILES string of the molecule is CCOc1ccc(N2C(=O)c3oc4ccc(Br)cc4c(=O)c3C2c2ccc(C)cc2)cc1. The maximum Gasteiger partial charge on any atom is 0.295 e. The molecule has 0 radical (unpaired) electrons. The molecule has 5 nitrogen and oxygen atoms in total. The van der Waals surface area contributed by atoms with Gasteiger partial charge in [-0.05, 0) is 61.9 Å². The molecule has 2 heterocycles. The maximum atomic E-state index is 13.6. The van der Waals surface area contributed by atoms with Crippen molar-refractivity contribution < 1.29 is 13.9 Å². The molecule has 1 unspecified atom stereocenters. The number of fused-ring (bicyclic) bond motifs is 2. The van der Waals surface area contributed by atoms with Crippen LogP contribution in [0.3, 0.4) is 0 Å². The second-order valence-electron chi connectivity index (χ2n) is 7.73. The Morgan fingerprint density at radius 1 is 1.00 bits per heavy atom. The van der Waals surface area contributed by atoms with E-state index in [1.165, 1.54) is 0 Å². The van der Waals surface area contributed by atoms with Crippen LogP contribution in [-0.4, -0.2) is 12.5 Å². The normalized spacial score (nSPS) is 15.3. The lowest BCUT2D eigenvalue weighted by Gasteiger charge is -2.25. The molecule has 5 rings (SSSR count). The molecule has 1 amide bonds. The Kier molecular flexibility index (Phi) is 5.10. The second-order valence-corrected chi connectivity index (χ2v) is 8.65. The number of nitrogens with zero attached hydrogens (tertiary/aromatic N) is 1. The van der Waals surface area contributed by atoms with E-state index in [4.69, 9.17) is 9.15 Å². The standard InChI is InChI=1S/C26H20BrNO4/c1-3-31-19-11-9-18(10-12-19)28-23(16-6-4-15(2)5-7-16)22-24(29)20-14-17(27)8-13-21(20)32-25(22)26(28)30/h4-14,23H,3H2,1-2H3. The lowest BCUT2D eigenvalue weighted by atomic mass is 9.97. The minimum absolute atomic E-state index is 0.0873. The summed E-state index contributed by atoms with van der Waals surface area (Å²) in [6.45, 7) is 4.48. The fourth-order valence-electron chi connectivity index (χ4n) is 4.15. The molecule has 1 aromatic heterocycles. The van der Waals surface area contributed by atoms with Crippen molar-refractivity contribution in [3.05, 3.63) is 104 Å². The van der Waals surface area contributed by atoms with Gasteiger partial charge in [0.05, 0.1) is 23.6 Å². The lowest BCUT2D eigenvalue weighted by molar-refractivity contribution is 0.0971. The molecule has 4 aromatic rings. The van der Waals surface area contributed by atoms with Gasteiger partial charge in [-0.15, -0.1) is 0 Å². The van der Waals surface area contributed by atoms with Gasteiger partial charge in [0.2, 0.25) is 5.76 Å². The fourth-order valence-corrected chi connectivity index (χ4v) is 4.51. The van der Waals surface area contributed by atoms with Crippen LogP contribution < -0.4 is 15.1 Å². The Hall–Kier alpha value is -3.38. The summed E-state index contributed by atoms with van der Waals surface area (Å²) < 4.78 is 12.3. The van der Waals surface area contributed by atoms with Crippen LogP contribution in [0.15, 0.2) is 80.4 Å². The summed E-state index contributed by atoms with van der Waals surface area (Å²) in [5.74, 6) is 0.470. The molecule has 0 saturated heterocycles. The Labute approximate surface area is 193 Å². The smallest absolute Gasteiger partial charge is 0.295 e. The number of aryl methyl sites for hydroxylation is 1. The molecule has 0 fully saturated rings. The average Bonchev–Trinajstić information content (AvgIpc) is 3.08.